The Bertz CT molecular complexity index is 381. The van der Waals surface area contributed by atoms with Crippen LogP contribution in [0.25, 0.3) is 0 Å². The quantitative estimate of drug-likeness (QED) is 0.575. The van der Waals surface area contributed by atoms with Gasteiger partial charge in [0.1, 0.15) is 0 Å². The van der Waals surface area contributed by atoms with Crippen molar-refractivity contribution in [2.24, 2.45) is 17.6 Å². The molecule has 0 unspecified atom stereocenters. The Morgan fingerprint density at radius 2 is 2.00 bits per heavy atom. The fourth-order valence-electron chi connectivity index (χ4n) is 2.31. The largest absolute Gasteiger partial charge is 0.481 e. The lowest BCUT2D eigenvalue weighted by molar-refractivity contribution is -0.141. The molecule has 0 bridgehead atoms. The average Bonchev–Trinajstić information content (AvgIpc) is 2.45. The number of carboxylic acid groups (broad SMARTS) is 1. The summed E-state index contributed by atoms with van der Waals surface area (Å²) in [5, 5.41) is 12.3. The number of rotatable bonds is 10. The van der Waals surface area contributed by atoms with E-state index in [1.807, 2.05) is 18.2 Å². The Labute approximate surface area is 121 Å². The van der Waals surface area contributed by atoms with E-state index in [1.54, 1.807) is 0 Å². The second-order valence-corrected chi connectivity index (χ2v) is 5.40. The zero-order valence-corrected chi connectivity index (χ0v) is 12.2. The second kappa shape index (κ2) is 9.37. The summed E-state index contributed by atoms with van der Waals surface area (Å²) in [5.41, 5.74) is 6.62. The van der Waals surface area contributed by atoms with Crippen LogP contribution in [0.3, 0.4) is 0 Å². The summed E-state index contributed by atoms with van der Waals surface area (Å²) in [4.78, 5) is 10.9. The molecule has 4 heteroatoms. The number of unbranched alkanes of at least 4 members (excludes halogenated alkanes) is 1. The second-order valence-electron chi connectivity index (χ2n) is 5.40. The van der Waals surface area contributed by atoms with Gasteiger partial charge in [0.05, 0.1) is 5.92 Å². The summed E-state index contributed by atoms with van der Waals surface area (Å²) in [6.07, 6.45) is 3.94. The van der Waals surface area contributed by atoms with Crippen LogP contribution < -0.4 is 11.1 Å². The topological polar surface area (TPSA) is 75.3 Å². The molecule has 4 N–H and O–H groups in total. The van der Waals surface area contributed by atoms with Crippen LogP contribution in [0.2, 0.25) is 0 Å². The van der Waals surface area contributed by atoms with Crippen molar-refractivity contribution >= 4 is 11.7 Å². The van der Waals surface area contributed by atoms with Crippen LogP contribution >= 0.6 is 0 Å². The molecular formula is C16H26N2O2. The number of carbonyl (C=O) groups is 1. The Morgan fingerprint density at radius 3 is 2.60 bits per heavy atom. The number of para-hydroxylation sites is 1. The van der Waals surface area contributed by atoms with E-state index < -0.39 is 11.9 Å². The number of benzene rings is 1. The molecular weight excluding hydrogens is 252 g/mol. The zero-order chi connectivity index (χ0) is 14.8. The van der Waals surface area contributed by atoms with Crippen molar-refractivity contribution in [1.29, 1.82) is 0 Å². The van der Waals surface area contributed by atoms with E-state index in [9.17, 15) is 4.79 Å². The van der Waals surface area contributed by atoms with Crippen LogP contribution in [0.4, 0.5) is 5.69 Å². The van der Waals surface area contributed by atoms with Gasteiger partial charge in [-0.05, 0) is 30.9 Å². The predicted molar refractivity (Wildman–Crippen MR) is 82.7 cm³/mol. The SMILES string of the molecule is C[C@H](CCCCNc1ccccc1)C[C@H](CN)C(=O)O. The Morgan fingerprint density at radius 1 is 1.30 bits per heavy atom. The molecule has 0 heterocycles. The number of carboxylic acids is 1. The van der Waals surface area contributed by atoms with E-state index in [1.165, 1.54) is 0 Å². The van der Waals surface area contributed by atoms with E-state index in [0.29, 0.717) is 12.3 Å². The van der Waals surface area contributed by atoms with Gasteiger partial charge in [-0.1, -0.05) is 38.0 Å². The van der Waals surface area contributed by atoms with Crippen molar-refractivity contribution in [2.75, 3.05) is 18.4 Å². The van der Waals surface area contributed by atoms with Crippen LogP contribution in [0.15, 0.2) is 30.3 Å². The molecule has 0 fully saturated rings. The fourth-order valence-corrected chi connectivity index (χ4v) is 2.31. The first-order valence-corrected chi connectivity index (χ1v) is 7.35. The minimum Gasteiger partial charge on any atom is -0.481 e. The zero-order valence-electron chi connectivity index (χ0n) is 12.2. The molecule has 0 saturated heterocycles. The molecule has 112 valence electrons. The summed E-state index contributed by atoms with van der Waals surface area (Å²) in [6.45, 7) is 3.29. The van der Waals surface area contributed by atoms with Crippen molar-refractivity contribution in [2.45, 2.75) is 32.6 Å². The van der Waals surface area contributed by atoms with Gasteiger partial charge in [0.25, 0.3) is 0 Å². The number of hydrogen-bond donors (Lipinski definition) is 3. The highest BCUT2D eigenvalue weighted by Crippen LogP contribution is 2.17. The first-order chi connectivity index (χ1) is 9.63. The molecule has 0 amide bonds. The molecule has 1 aromatic carbocycles. The predicted octanol–water partition coefficient (Wildman–Crippen LogP) is 2.95. The van der Waals surface area contributed by atoms with Crippen LogP contribution in [-0.2, 0) is 4.79 Å². The Kier molecular flexibility index (Phi) is 7.73. The molecule has 0 aliphatic heterocycles. The summed E-state index contributed by atoms with van der Waals surface area (Å²) >= 11 is 0. The molecule has 20 heavy (non-hydrogen) atoms. The number of nitrogens with two attached hydrogens (primary N) is 1. The fraction of sp³-hybridized carbons (Fsp3) is 0.562. The van der Waals surface area contributed by atoms with Gasteiger partial charge in [-0.3, -0.25) is 4.79 Å². The van der Waals surface area contributed by atoms with Crippen LogP contribution in [0.5, 0.6) is 0 Å². The maximum atomic E-state index is 10.9. The molecule has 2 atom stereocenters. The average molecular weight is 278 g/mol. The van der Waals surface area contributed by atoms with Gasteiger partial charge in [-0.2, -0.15) is 0 Å². The first-order valence-electron chi connectivity index (χ1n) is 7.35. The maximum absolute atomic E-state index is 10.9. The molecule has 1 rings (SSSR count). The van der Waals surface area contributed by atoms with E-state index in [-0.39, 0.29) is 6.54 Å². The van der Waals surface area contributed by atoms with Gasteiger partial charge >= 0.3 is 5.97 Å². The molecule has 4 nitrogen and oxygen atoms in total. The summed E-state index contributed by atoms with van der Waals surface area (Å²) in [5.74, 6) is -0.756. The molecule has 0 aliphatic carbocycles. The van der Waals surface area contributed by atoms with Gasteiger partial charge < -0.3 is 16.2 Å². The number of nitrogens with one attached hydrogen (secondary N) is 1. The van der Waals surface area contributed by atoms with E-state index in [0.717, 1.165) is 31.5 Å². The highest BCUT2D eigenvalue weighted by atomic mass is 16.4. The number of aliphatic carboxylic acids is 1. The minimum absolute atomic E-state index is 0.231. The van der Waals surface area contributed by atoms with Gasteiger partial charge in [0, 0.05) is 18.8 Å². The third-order valence-electron chi connectivity index (χ3n) is 3.55. The van der Waals surface area contributed by atoms with Gasteiger partial charge in [0.15, 0.2) is 0 Å². The first kappa shape index (κ1) is 16.5. The molecule has 0 aromatic heterocycles. The highest BCUT2D eigenvalue weighted by molar-refractivity contribution is 5.70. The van der Waals surface area contributed by atoms with Crippen molar-refractivity contribution in [3.63, 3.8) is 0 Å². The van der Waals surface area contributed by atoms with Crippen molar-refractivity contribution in [3.8, 4) is 0 Å². The van der Waals surface area contributed by atoms with E-state index in [4.69, 9.17) is 10.8 Å². The Hall–Kier alpha value is -1.55. The minimum atomic E-state index is -0.773. The third kappa shape index (κ3) is 6.57. The normalized spacial score (nSPS) is 13.7. The van der Waals surface area contributed by atoms with E-state index >= 15 is 0 Å². The molecule has 0 radical (unpaired) electrons. The number of hydrogen-bond acceptors (Lipinski definition) is 3. The van der Waals surface area contributed by atoms with Crippen LogP contribution in [-0.4, -0.2) is 24.2 Å². The smallest absolute Gasteiger partial charge is 0.307 e. The summed E-state index contributed by atoms with van der Waals surface area (Å²) in [7, 11) is 0. The molecule has 0 aliphatic rings. The van der Waals surface area contributed by atoms with Crippen LogP contribution in [0.1, 0.15) is 32.6 Å². The Balaban J connectivity index is 2.10. The van der Waals surface area contributed by atoms with Gasteiger partial charge in [-0.15, -0.1) is 0 Å². The van der Waals surface area contributed by atoms with Crippen molar-refractivity contribution in [3.05, 3.63) is 30.3 Å². The van der Waals surface area contributed by atoms with Crippen molar-refractivity contribution in [1.82, 2.24) is 0 Å². The van der Waals surface area contributed by atoms with Gasteiger partial charge in [-0.25, -0.2) is 0 Å². The number of anilines is 1. The lowest BCUT2D eigenvalue weighted by atomic mass is 9.92. The molecule has 1 aromatic rings. The summed E-state index contributed by atoms with van der Waals surface area (Å²) in [6, 6.07) is 10.2. The molecule has 0 spiro atoms. The van der Waals surface area contributed by atoms with Crippen LogP contribution in [0, 0.1) is 11.8 Å². The monoisotopic (exact) mass is 278 g/mol. The lowest BCUT2D eigenvalue weighted by Crippen LogP contribution is -2.25. The third-order valence-corrected chi connectivity index (χ3v) is 3.55. The summed E-state index contributed by atoms with van der Waals surface area (Å²) < 4.78 is 0. The lowest BCUT2D eigenvalue weighted by Gasteiger charge is -2.16. The maximum Gasteiger partial charge on any atom is 0.307 e. The van der Waals surface area contributed by atoms with Crippen molar-refractivity contribution < 1.29 is 9.90 Å². The van der Waals surface area contributed by atoms with E-state index in [2.05, 4.69) is 24.4 Å². The molecule has 0 saturated carbocycles. The van der Waals surface area contributed by atoms with Gasteiger partial charge in [0.2, 0.25) is 0 Å². The standard InChI is InChI=1S/C16H26N2O2/c1-13(11-14(12-17)16(19)20)7-5-6-10-18-15-8-3-2-4-9-15/h2-4,8-9,13-14,18H,5-7,10-12,17H2,1H3,(H,19,20)/t13-,14-/m1/s1. The highest BCUT2D eigenvalue weighted by Gasteiger charge is 2.18.